The average molecular weight is 402 g/mol. The Morgan fingerprint density at radius 1 is 1.00 bits per heavy atom. The first kappa shape index (κ1) is 19.1. The molecule has 30 heavy (non-hydrogen) atoms. The fourth-order valence-corrected chi connectivity index (χ4v) is 3.03. The minimum absolute atomic E-state index is 0.223. The second-order valence-corrected chi connectivity index (χ2v) is 6.55. The maximum absolute atomic E-state index is 12.6. The predicted molar refractivity (Wildman–Crippen MR) is 111 cm³/mol. The quantitative estimate of drug-likeness (QED) is 0.516. The lowest BCUT2D eigenvalue weighted by Gasteiger charge is -2.12. The standard InChI is InChI=1S/C22H18N4O4/c27-20(13-26-14-24-18-9-3-2-8-17(18)22(26)29)25-19-10-4-1-7-16(19)21(28)23-12-15-6-5-11-30-15/h1-11,14H,12-13H2,(H,23,28)(H,25,27). The Balaban J connectivity index is 1.48. The highest BCUT2D eigenvalue weighted by Gasteiger charge is 2.14. The van der Waals surface area contributed by atoms with E-state index in [2.05, 4.69) is 15.6 Å². The monoisotopic (exact) mass is 402 g/mol. The molecular formula is C22H18N4O4. The molecule has 2 aromatic carbocycles. The molecule has 150 valence electrons. The Labute approximate surface area is 171 Å². The number of rotatable bonds is 6. The van der Waals surface area contributed by atoms with Crippen LogP contribution in [0.2, 0.25) is 0 Å². The number of aromatic nitrogens is 2. The summed E-state index contributed by atoms with van der Waals surface area (Å²) in [5.41, 5.74) is 0.917. The van der Waals surface area contributed by atoms with Crippen LogP contribution in [0.4, 0.5) is 5.69 Å². The van der Waals surface area contributed by atoms with Gasteiger partial charge in [0.05, 0.1) is 41.3 Å². The zero-order chi connectivity index (χ0) is 20.9. The van der Waals surface area contributed by atoms with Gasteiger partial charge in [-0.1, -0.05) is 24.3 Å². The molecule has 4 rings (SSSR count). The molecule has 8 heteroatoms. The number of hydrogen-bond acceptors (Lipinski definition) is 5. The number of anilines is 1. The van der Waals surface area contributed by atoms with Gasteiger partial charge in [-0.05, 0) is 36.4 Å². The normalized spacial score (nSPS) is 10.7. The van der Waals surface area contributed by atoms with E-state index in [1.54, 1.807) is 60.7 Å². The van der Waals surface area contributed by atoms with Crippen LogP contribution in [0.3, 0.4) is 0 Å². The van der Waals surface area contributed by atoms with Crippen LogP contribution in [-0.4, -0.2) is 21.4 Å². The van der Waals surface area contributed by atoms with Crippen LogP contribution in [0.15, 0.2) is 82.5 Å². The molecule has 0 fully saturated rings. The molecule has 8 nitrogen and oxygen atoms in total. The van der Waals surface area contributed by atoms with E-state index in [1.165, 1.54) is 17.2 Å². The van der Waals surface area contributed by atoms with Crippen molar-refractivity contribution in [3.05, 3.63) is 94.9 Å². The van der Waals surface area contributed by atoms with Gasteiger partial charge in [0.15, 0.2) is 0 Å². The number of carbonyl (C=O) groups excluding carboxylic acids is 2. The molecule has 2 amide bonds. The van der Waals surface area contributed by atoms with E-state index in [0.29, 0.717) is 27.9 Å². The largest absolute Gasteiger partial charge is 0.467 e. The van der Waals surface area contributed by atoms with Gasteiger partial charge in [0.25, 0.3) is 11.5 Å². The number of benzene rings is 2. The molecule has 0 bridgehead atoms. The number of para-hydroxylation sites is 2. The molecular weight excluding hydrogens is 384 g/mol. The van der Waals surface area contributed by atoms with Crippen LogP contribution in [-0.2, 0) is 17.9 Å². The van der Waals surface area contributed by atoms with Crippen LogP contribution < -0.4 is 16.2 Å². The molecule has 0 atom stereocenters. The number of fused-ring (bicyclic) bond motifs is 1. The first-order valence-electron chi connectivity index (χ1n) is 9.25. The van der Waals surface area contributed by atoms with Crippen molar-refractivity contribution < 1.29 is 14.0 Å². The SMILES string of the molecule is O=C(Cn1cnc2ccccc2c1=O)Nc1ccccc1C(=O)NCc1ccco1. The Hall–Kier alpha value is -4.20. The van der Waals surface area contributed by atoms with E-state index in [1.807, 2.05) is 0 Å². The molecule has 2 heterocycles. The number of furan rings is 1. The van der Waals surface area contributed by atoms with E-state index >= 15 is 0 Å². The van der Waals surface area contributed by atoms with Gasteiger partial charge in [0, 0.05) is 0 Å². The van der Waals surface area contributed by atoms with Crippen molar-refractivity contribution >= 4 is 28.4 Å². The average Bonchev–Trinajstić information content (AvgIpc) is 3.28. The molecule has 0 saturated heterocycles. The number of hydrogen-bond donors (Lipinski definition) is 2. The summed E-state index contributed by atoms with van der Waals surface area (Å²) >= 11 is 0. The van der Waals surface area contributed by atoms with Crippen molar-refractivity contribution in [1.82, 2.24) is 14.9 Å². The van der Waals surface area contributed by atoms with Gasteiger partial charge in [0.2, 0.25) is 5.91 Å². The number of amides is 2. The summed E-state index contributed by atoms with van der Waals surface area (Å²) in [5.74, 6) is -0.180. The molecule has 0 aliphatic heterocycles. The molecule has 0 saturated carbocycles. The van der Waals surface area contributed by atoms with E-state index in [4.69, 9.17) is 4.42 Å². The number of nitrogens with one attached hydrogen (secondary N) is 2. The summed E-state index contributed by atoms with van der Waals surface area (Å²) in [6, 6.07) is 17.1. The van der Waals surface area contributed by atoms with Gasteiger partial charge in [0.1, 0.15) is 12.3 Å². The molecule has 2 N–H and O–H groups in total. The lowest BCUT2D eigenvalue weighted by molar-refractivity contribution is -0.116. The number of nitrogens with zero attached hydrogens (tertiary/aromatic N) is 2. The third-order valence-corrected chi connectivity index (χ3v) is 4.49. The van der Waals surface area contributed by atoms with Crippen LogP contribution in [0.5, 0.6) is 0 Å². The van der Waals surface area contributed by atoms with Crippen molar-refractivity contribution in [2.75, 3.05) is 5.32 Å². The smallest absolute Gasteiger partial charge is 0.261 e. The van der Waals surface area contributed by atoms with E-state index in [9.17, 15) is 14.4 Å². The van der Waals surface area contributed by atoms with E-state index in [-0.39, 0.29) is 24.6 Å². The highest BCUT2D eigenvalue weighted by atomic mass is 16.3. The molecule has 0 radical (unpaired) electrons. The molecule has 0 spiro atoms. The van der Waals surface area contributed by atoms with Crippen molar-refractivity contribution in [1.29, 1.82) is 0 Å². The van der Waals surface area contributed by atoms with Gasteiger partial charge in [-0.3, -0.25) is 19.0 Å². The summed E-state index contributed by atoms with van der Waals surface area (Å²) in [6.45, 7) is 0.00524. The maximum Gasteiger partial charge on any atom is 0.261 e. The Bertz CT molecular complexity index is 1260. The second kappa shape index (κ2) is 8.44. The van der Waals surface area contributed by atoms with Crippen molar-refractivity contribution in [3.63, 3.8) is 0 Å². The van der Waals surface area contributed by atoms with Gasteiger partial charge >= 0.3 is 0 Å². The highest BCUT2D eigenvalue weighted by Crippen LogP contribution is 2.15. The van der Waals surface area contributed by atoms with E-state index < -0.39 is 5.91 Å². The molecule has 2 aromatic heterocycles. The van der Waals surface area contributed by atoms with Crippen molar-refractivity contribution in [2.45, 2.75) is 13.1 Å². The zero-order valence-electron chi connectivity index (χ0n) is 15.9. The summed E-state index contributed by atoms with van der Waals surface area (Å²) in [7, 11) is 0. The molecule has 0 aliphatic carbocycles. The highest BCUT2D eigenvalue weighted by molar-refractivity contribution is 6.03. The minimum atomic E-state index is -0.444. The Morgan fingerprint density at radius 3 is 2.63 bits per heavy atom. The summed E-state index contributed by atoms with van der Waals surface area (Å²) in [6.07, 6.45) is 2.87. The van der Waals surface area contributed by atoms with E-state index in [0.717, 1.165) is 0 Å². The molecule has 4 aromatic rings. The van der Waals surface area contributed by atoms with Gasteiger partial charge in [-0.2, -0.15) is 0 Å². The molecule has 0 unspecified atom stereocenters. The predicted octanol–water partition coefficient (Wildman–Crippen LogP) is 2.56. The van der Waals surface area contributed by atoms with Crippen LogP contribution in [0.25, 0.3) is 10.9 Å². The van der Waals surface area contributed by atoms with Crippen LogP contribution >= 0.6 is 0 Å². The second-order valence-electron chi connectivity index (χ2n) is 6.55. The zero-order valence-corrected chi connectivity index (χ0v) is 15.9. The van der Waals surface area contributed by atoms with Crippen molar-refractivity contribution in [3.8, 4) is 0 Å². The lowest BCUT2D eigenvalue weighted by atomic mass is 10.1. The van der Waals surface area contributed by atoms with Gasteiger partial charge < -0.3 is 15.1 Å². The third-order valence-electron chi connectivity index (χ3n) is 4.49. The van der Waals surface area contributed by atoms with Crippen molar-refractivity contribution in [2.24, 2.45) is 0 Å². The first-order chi connectivity index (χ1) is 14.6. The Kier molecular flexibility index (Phi) is 5.38. The van der Waals surface area contributed by atoms with Crippen LogP contribution in [0.1, 0.15) is 16.1 Å². The summed E-state index contributed by atoms with van der Waals surface area (Å²) in [5, 5.41) is 5.88. The van der Waals surface area contributed by atoms with Gasteiger partial charge in [-0.15, -0.1) is 0 Å². The summed E-state index contributed by atoms with van der Waals surface area (Å²) in [4.78, 5) is 41.8. The summed E-state index contributed by atoms with van der Waals surface area (Å²) < 4.78 is 6.43. The fourth-order valence-electron chi connectivity index (χ4n) is 3.03. The first-order valence-corrected chi connectivity index (χ1v) is 9.25. The minimum Gasteiger partial charge on any atom is -0.467 e. The van der Waals surface area contributed by atoms with Gasteiger partial charge in [-0.25, -0.2) is 4.98 Å². The topological polar surface area (TPSA) is 106 Å². The lowest BCUT2D eigenvalue weighted by Crippen LogP contribution is -2.29. The van der Waals surface area contributed by atoms with Crippen LogP contribution in [0, 0.1) is 0 Å². The Morgan fingerprint density at radius 2 is 1.80 bits per heavy atom. The molecule has 0 aliphatic rings. The maximum atomic E-state index is 12.6. The number of carbonyl (C=O) groups is 2. The fraction of sp³-hybridized carbons (Fsp3) is 0.0909. The third kappa shape index (κ3) is 4.12.